The second-order valence-electron chi connectivity index (χ2n) is 7.99. The molecule has 0 N–H and O–H groups in total. The van der Waals surface area contributed by atoms with Crippen LogP contribution in [0.2, 0.25) is 0 Å². The first-order valence-corrected chi connectivity index (χ1v) is 11.0. The highest BCUT2D eigenvalue weighted by atomic mass is 15.0. The number of rotatable bonds is 9. The molecule has 0 aliphatic rings. The minimum Gasteiger partial charge on any atom is -0.272 e. The maximum Gasteiger partial charge on any atom is 0.163 e. The molecule has 0 fully saturated rings. The van der Waals surface area contributed by atoms with Gasteiger partial charge in [0.2, 0.25) is 0 Å². The second-order valence-corrected chi connectivity index (χ2v) is 7.99. The molecule has 3 aromatic rings. The summed E-state index contributed by atoms with van der Waals surface area (Å²) in [4.78, 5) is 17.8. The van der Waals surface area contributed by atoms with Gasteiger partial charge in [0.25, 0.3) is 0 Å². The number of hydrogen-bond acceptors (Lipinski definition) is 4. The van der Waals surface area contributed by atoms with Crippen molar-refractivity contribution in [2.75, 3.05) is 0 Å². The Morgan fingerprint density at radius 3 is 2.42 bits per heavy atom. The van der Waals surface area contributed by atoms with Gasteiger partial charge in [-0.15, -0.1) is 0 Å². The SMILES string of the molecule is C=N/C=C(\C)c1nc(C(=C)/C=C\C=C/C)nc(C(=C)C[C@@H](C)c2cccc3ccccc23)n1. The van der Waals surface area contributed by atoms with Crippen molar-refractivity contribution in [1.29, 1.82) is 0 Å². The summed E-state index contributed by atoms with van der Waals surface area (Å²) < 4.78 is 0. The van der Waals surface area contributed by atoms with Crippen molar-refractivity contribution in [3.63, 3.8) is 0 Å². The quantitative estimate of drug-likeness (QED) is 0.260. The molecule has 0 amide bonds. The van der Waals surface area contributed by atoms with Crippen LogP contribution in [0.5, 0.6) is 0 Å². The van der Waals surface area contributed by atoms with Gasteiger partial charge >= 0.3 is 0 Å². The molecule has 3 rings (SSSR count). The lowest BCUT2D eigenvalue weighted by Crippen LogP contribution is -2.07. The average Bonchev–Trinajstić information content (AvgIpc) is 2.83. The van der Waals surface area contributed by atoms with E-state index >= 15 is 0 Å². The molecule has 0 saturated heterocycles. The van der Waals surface area contributed by atoms with Crippen molar-refractivity contribution in [1.82, 2.24) is 15.0 Å². The molecular formula is C29H30N4. The van der Waals surface area contributed by atoms with E-state index in [1.807, 2.05) is 38.2 Å². The largest absolute Gasteiger partial charge is 0.272 e. The summed E-state index contributed by atoms with van der Waals surface area (Å²) in [5, 5.41) is 2.50. The third-order valence-electron chi connectivity index (χ3n) is 5.38. The fraction of sp³-hybridized carbons (Fsp3) is 0.172. The summed E-state index contributed by atoms with van der Waals surface area (Å²) in [5.74, 6) is 1.88. The lowest BCUT2D eigenvalue weighted by atomic mass is 9.90. The monoisotopic (exact) mass is 434 g/mol. The number of fused-ring (bicyclic) bond motifs is 1. The van der Waals surface area contributed by atoms with Crippen LogP contribution in [0.15, 0.2) is 91.1 Å². The Labute approximate surface area is 196 Å². The molecule has 1 atom stereocenters. The van der Waals surface area contributed by atoms with Crippen molar-refractivity contribution < 1.29 is 0 Å². The molecule has 0 unspecified atom stereocenters. The summed E-state index contributed by atoms with van der Waals surface area (Å²) in [5.41, 5.74) is 3.64. The molecule has 0 radical (unpaired) electrons. The second kappa shape index (κ2) is 11.1. The zero-order chi connectivity index (χ0) is 23.8. The Balaban J connectivity index is 1.96. The number of aromatic nitrogens is 3. The molecule has 0 saturated carbocycles. The van der Waals surface area contributed by atoms with Gasteiger partial charge in [0.05, 0.1) is 0 Å². The van der Waals surface area contributed by atoms with Crippen LogP contribution >= 0.6 is 0 Å². The van der Waals surface area contributed by atoms with E-state index in [2.05, 4.69) is 84.2 Å². The van der Waals surface area contributed by atoms with Crippen LogP contribution in [-0.4, -0.2) is 21.7 Å². The van der Waals surface area contributed by atoms with Gasteiger partial charge in [-0.05, 0) is 54.8 Å². The smallest absolute Gasteiger partial charge is 0.163 e. The average molecular weight is 435 g/mol. The molecule has 0 aliphatic carbocycles. The van der Waals surface area contributed by atoms with E-state index in [0.29, 0.717) is 23.0 Å². The third kappa shape index (κ3) is 5.86. The van der Waals surface area contributed by atoms with Gasteiger partial charge in [0.15, 0.2) is 17.5 Å². The highest BCUT2D eigenvalue weighted by Gasteiger charge is 2.16. The van der Waals surface area contributed by atoms with Gasteiger partial charge in [-0.25, -0.2) is 15.0 Å². The van der Waals surface area contributed by atoms with Gasteiger partial charge in [0.1, 0.15) is 0 Å². The van der Waals surface area contributed by atoms with E-state index < -0.39 is 0 Å². The Morgan fingerprint density at radius 1 is 0.970 bits per heavy atom. The van der Waals surface area contributed by atoms with Gasteiger partial charge in [0, 0.05) is 17.3 Å². The van der Waals surface area contributed by atoms with Crippen molar-refractivity contribution in [2.24, 2.45) is 4.99 Å². The summed E-state index contributed by atoms with van der Waals surface area (Å²) in [7, 11) is 0. The molecule has 0 aliphatic heterocycles. The highest BCUT2D eigenvalue weighted by Crippen LogP contribution is 2.32. The molecule has 1 heterocycles. The zero-order valence-electron chi connectivity index (χ0n) is 19.6. The van der Waals surface area contributed by atoms with Crippen LogP contribution < -0.4 is 0 Å². The fourth-order valence-corrected chi connectivity index (χ4v) is 3.66. The molecule has 4 nitrogen and oxygen atoms in total. The molecule has 33 heavy (non-hydrogen) atoms. The van der Waals surface area contributed by atoms with Crippen LogP contribution in [0.25, 0.3) is 27.5 Å². The summed E-state index contributed by atoms with van der Waals surface area (Å²) in [6.45, 7) is 18.1. The molecular weight excluding hydrogens is 404 g/mol. The molecule has 0 spiro atoms. The Kier molecular flexibility index (Phi) is 7.98. The minimum absolute atomic E-state index is 0.247. The van der Waals surface area contributed by atoms with E-state index in [4.69, 9.17) is 4.98 Å². The van der Waals surface area contributed by atoms with Gasteiger partial charge in [-0.3, -0.25) is 4.99 Å². The van der Waals surface area contributed by atoms with Crippen LogP contribution in [0, 0.1) is 0 Å². The third-order valence-corrected chi connectivity index (χ3v) is 5.38. The molecule has 4 heteroatoms. The van der Waals surface area contributed by atoms with E-state index in [-0.39, 0.29) is 5.92 Å². The normalized spacial score (nSPS) is 13.0. The van der Waals surface area contributed by atoms with Crippen LogP contribution in [0.1, 0.15) is 56.1 Å². The van der Waals surface area contributed by atoms with E-state index in [9.17, 15) is 0 Å². The Hall–Kier alpha value is -3.92. The molecule has 1 aromatic heterocycles. The predicted molar refractivity (Wildman–Crippen MR) is 142 cm³/mol. The standard InChI is InChI=1S/C29H30N4/c1-7-8-9-13-20(2)27-31-28(33-29(32-27)23(5)19-30-6)22(4)18-21(3)25-17-12-15-24-14-10-11-16-26(24)25/h7-17,19,21H,2,4,6,18H2,1,3,5H3/b8-7-,13-9-,23-19+/t21-/m1/s1. The molecule has 2 aromatic carbocycles. The summed E-state index contributed by atoms with van der Waals surface area (Å²) >= 11 is 0. The lowest BCUT2D eigenvalue weighted by Gasteiger charge is -2.16. The Bertz CT molecular complexity index is 1270. The highest BCUT2D eigenvalue weighted by molar-refractivity contribution is 5.86. The summed E-state index contributed by atoms with van der Waals surface area (Å²) in [6, 6.07) is 14.9. The van der Waals surface area contributed by atoms with Gasteiger partial charge in [-0.1, -0.05) is 86.9 Å². The first-order valence-electron chi connectivity index (χ1n) is 11.0. The minimum atomic E-state index is 0.247. The fourth-order valence-electron chi connectivity index (χ4n) is 3.66. The van der Waals surface area contributed by atoms with Crippen molar-refractivity contribution in [3.8, 4) is 0 Å². The van der Waals surface area contributed by atoms with E-state index in [0.717, 1.165) is 17.6 Å². The van der Waals surface area contributed by atoms with Crippen molar-refractivity contribution in [2.45, 2.75) is 33.1 Å². The zero-order valence-corrected chi connectivity index (χ0v) is 19.6. The predicted octanol–water partition coefficient (Wildman–Crippen LogP) is 7.44. The van der Waals surface area contributed by atoms with Crippen molar-refractivity contribution >= 4 is 34.2 Å². The maximum absolute atomic E-state index is 4.69. The number of aliphatic imine (C=N–C) groups is 1. The first-order chi connectivity index (χ1) is 15.9. The van der Waals surface area contributed by atoms with E-state index in [1.54, 1.807) is 6.20 Å². The number of benzene rings is 2. The van der Waals surface area contributed by atoms with Crippen LogP contribution in [0.3, 0.4) is 0 Å². The molecule has 0 bridgehead atoms. The number of nitrogens with zero attached hydrogens (tertiary/aromatic N) is 4. The van der Waals surface area contributed by atoms with Crippen LogP contribution in [-0.2, 0) is 0 Å². The molecule has 166 valence electrons. The number of allylic oxidation sites excluding steroid dienone is 7. The lowest BCUT2D eigenvalue weighted by molar-refractivity contribution is 0.790. The van der Waals surface area contributed by atoms with E-state index in [1.165, 1.54) is 16.3 Å². The maximum atomic E-state index is 4.69. The van der Waals surface area contributed by atoms with Crippen LogP contribution in [0.4, 0.5) is 0 Å². The topological polar surface area (TPSA) is 51.0 Å². The van der Waals surface area contributed by atoms with Gasteiger partial charge < -0.3 is 0 Å². The number of hydrogen-bond donors (Lipinski definition) is 0. The van der Waals surface area contributed by atoms with Gasteiger partial charge in [-0.2, -0.15) is 0 Å². The first kappa shape index (κ1) is 23.7. The summed E-state index contributed by atoms with van der Waals surface area (Å²) in [6.07, 6.45) is 10.0. The Morgan fingerprint density at radius 2 is 1.67 bits per heavy atom. The van der Waals surface area contributed by atoms with Crippen molar-refractivity contribution in [3.05, 3.63) is 109 Å².